The second-order valence-corrected chi connectivity index (χ2v) is 21.4. The van der Waals surface area contributed by atoms with Crippen molar-refractivity contribution in [2.75, 3.05) is 14.2 Å². The van der Waals surface area contributed by atoms with Crippen molar-refractivity contribution in [3.05, 3.63) is 22.2 Å². The molecule has 0 atom stereocenters. The van der Waals surface area contributed by atoms with Gasteiger partial charge >= 0.3 is 11.9 Å². The first-order valence-electron chi connectivity index (χ1n) is 11.7. The van der Waals surface area contributed by atoms with Crippen LogP contribution in [0.25, 0.3) is 0 Å². The Kier molecular flexibility index (Phi) is 10.1. The predicted octanol–water partition coefficient (Wildman–Crippen LogP) is 7.00. The summed E-state index contributed by atoms with van der Waals surface area (Å²) in [6.07, 6.45) is 0.581. The highest BCUT2D eigenvalue weighted by atomic mass is 35.5. The van der Waals surface area contributed by atoms with E-state index in [0.29, 0.717) is 28.5 Å². The van der Waals surface area contributed by atoms with Gasteiger partial charge in [0.15, 0.2) is 0 Å². The van der Waals surface area contributed by atoms with Crippen LogP contribution in [0.4, 0.5) is 0 Å². The highest BCUT2D eigenvalue weighted by Crippen LogP contribution is 2.46. The quantitative estimate of drug-likeness (QED) is 0.160. The van der Waals surface area contributed by atoms with Gasteiger partial charge in [-0.3, -0.25) is 0 Å². The second-order valence-electron chi connectivity index (χ2n) is 11.6. The molecule has 0 heterocycles. The first-order valence-corrected chi connectivity index (χ1v) is 17.9. The summed E-state index contributed by atoms with van der Waals surface area (Å²) in [5, 5.41) is 0.161. The third kappa shape index (κ3) is 7.76. The van der Waals surface area contributed by atoms with Crippen LogP contribution >= 0.6 is 11.6 Å². The molecule has 0 N–H and O–H groups in total. The van der Waals surface area contributed by atoms with Crippen molar-refractivity contribution in [2.45, 2.75) is 90.6 Å². The molecule has 0 aliphatic carbocycles. The molecule has 35 heavy (non-hydrogen) atoms. The van der Waals surface area contributed by atoms with Gasteiger partial charge in [-0.15, -0.1) is 0 Å². The Morgan fingerprint density at radius 3 is 1.80 bits per heavy atom. The third-order valence-electron chi connectivity index (χ3n) is 6.90. The van der Waals surface area contributed by atoms with Crippen molar-refractivity contribution in [2.24, 2.45) is 0 Å². The summed E-state index contributed by atoms with van der Waals surface area (Å²) in [5.41, 5.74) is 0.798. The SMILES string of the molecule is COC(=O)C#CCCc1c(Cl)c(O[Si](C)(C)C(C)(C)C)cc(O[Si](C)(C)C(C)(C)C)c1C(=O)OC. The van der Waals surface area contributed by atoms with Gasteiger partial charge in [-0.05, 0) is 48.2 Å². The maximum Gasteiger partial charge on any atom is 0.384 e. The fourth-order valence-electron chi connectivity index (χ4n) is 2.61. The summed E-state index contributed by atoms with van der Waals surface area (Å²) in [6.45, 7) is 21.3. The second kappa shape index (κ2) is 11.4. The monoisotopic (exact) mass is 540 g/mol. The number of carbonyl (C=O) groups excluding carboxylic acids is 2. The van der Waals surface area contributed by atoms with Crippen molar-refractivity contribution < 1.29 is 27.9 Å². The zero-order chi connectivity index (χ0) is 27.4. The molecule has 0 bridgehead atoms. The minimum Gasteiger partial charge on any atom is -0.543 e. The Hall–Kier alpha value is -1.96. The molecule has 196 valence electrons. The van der Waals surface area contributed by atoms with Gasteiger partial charge in [-0.2, -0.15) is 0 Å². The molecule has 0 radical (unpaired) electrons. The summed E-state index contributed by atoms with van der Waals surface area (Å²) < 4.78 is 22.9. The topological polar surface area (TPSA) is 71.1 Å². The van der Waals surface area contributed by atoms with Crippen LogP contribution in [-0.4, -0.2) is 42.8 Å². The molecule has 1 aromatic rings. The summed E-state index contributed by atoms with van der Waals surface area (Å²) >= 11 is 6.88. The Morgan fingerprint density at radius 2 is 1.37 bits per heavy atom. The Labute approximate surface area is 218 Å². The van der Waals surface area contributed by atoms with Crippen molar-refractivity contribution in [1.82, 2.24) is 0 Å². The van der Waals surface area contributed by atoms with Crippen molar-refractivity contribution in [3.8, 4) is 23.3 Å². The normalized spacial score (nSPS) is 12.4. The minimum absolute atomic E-state index is 0.0655. The van der Waals surface area contributed by atoms with E-state index in [1.54, 1.807) is 6.07 Å². The van der Waals surface area contributed by atoms with Gasteiger partial charge < -0.3 is 18.3 Å². The lowest BCUT2D eigenvalue weighted by Gasteiger charge is -2.39. The van der Waals surface area contributed by atoms with Gasteiger partial charge in [0.2, 0.25) is 0 Å². The van der Waals surface area contributed by atoms with Gasteiger partial charge in [0.25, 0.3) is 16.6 Å². The minimum atomic E-state index is -2.34. The number of rotatable bonds is 7. The third-order valence-corrected chi connectivity index (χ3v) is 16.0. The molecule has 0 aromatic heterocycles. The van der Waals surface area contributed by atoms with E-state index in [9.17, 15) is 9.59 Å². The summed E-state index contributed by atoms with van der Waals surface area (Å²) in [5.74, 6) is 4.90. The average molecular weight is 541 g/mol. The molecule has 1 aromatic carbocycles. The number of esters is 2. The van der Waals surface area contributed by atoms with Crippen LogP contribution in [0, 0.1) is 11.8 Å². The number of methoxy groups -OCH3 is 2. The molecule has 0 aliphatic rings. The molecule has 0 saturated carbocycles. The van der Waals surface area contributed by atoms with Crippen LogP contribution in [0.3, 0.4) is 0 Å². The summed E-state index contributed by atoms with van der Waals surface area (Å²) in [7, 11) is -2.00. The highest BCUT2D eigenvalue weighted by Gasteiger charge is 2.42. The summed E-state index contributed by atoms with van der Waals surface area (Å²) in [6, 6.07) is 1.74. The van der Waals surface area contributed by atoms with Crippen LogP contribution in [0.1, 0.15) is 63.9 Å². The largest absolute Gasteiger partial charge is 0.543 e. The number of benzene rings is 1. The summed E-state index contributed by atoms with van der Waals surface area (Å²) in [4.78, 5) is 24.4. The van der Waals surface area contributed by atoms with Crippen LogP contribution < -0.4 is 8.85 Å². The molecule has 9 heteroatoms. The van der Waals surface area contributed by atoms with Crippen molar-refractivity contribution in [1.29, 1.82) is 0 Å². The molecular formula is C26H41ClO6Si2. The van der Waals surface area contributed by atoms with Gasteiger partial charge in [0, 0.05) is 18.4 Å². The first kappa shape index (κ1) is 31.1. The van der Waals surface area contributed by atoms with E-state index in [0.717, 1.165) is 0 Å². The highest BCUT2D eigenvalue weighted by molar-refractivity contribution is 6.75. The van der Waals surface area contributed by atoms with Crippen molar-refractivity contribution in [3.63, 3.8) is 0 Å². The van der Waals surface area contributed by atoms with Gasteiger partial charge in [0.05, 0.1) is 19.2 Å². The molecule has 0 saturated heterocycles. The number of ether oxygens (including phenoxy) is 2. The van der Waals surface area contributed by atoms with Gasteiger partial charge in [-0.1, -0.05) is 59.1 Å². The number of halogens is 1. The molecular weight excluding hydrogens is 500 g/mol. The Bertz CT molecular complexity index is 1010. The van der Waals surface area contributed by atoms with Crippen LogP contribution in [-0.2, 0) is 20.7 Å². The van der Waals surface area contributed by atoms with E-state index in [4.69, 9.17) is 25.2 Å². The number of hydrogen-bond acceptors (Lipinski definition) is 6. The lowest BCUT2D eigenvalue weighted by atomic mass is 10.0. The number of hydrogen-bond donors (Lipinski definition) is 0. The standard InChI is InChI=1S/C26H41ClO6Si2/c1-25(2,3)34(9,10)32-19-17-20(33-35(11,12)26(4,5)6)23(27)18(22(19)24(29)31-8)15-13-14-16-21(28)30-7/h17H,13,15H2,1-12H3. The van der Waals surface area contributed by atoms with Gasteiger partial charge in [0.1, 0.15) is 17.1 Å². The lowest BCUT2D eigenvalue weighted by molar-refractivity contribution is -0.133. The van der Waals surface area contributed by atoms with E-state index >= 15 is 0 Å². The van der Waals surface area contributed by atoms with E-state index in [2.05, 4.69) is 84.3 Å². The van der Waals surface area contributed by atoms with Crippen LogP contribution in [0.15, 0.2) is 6.07 Å². The fourth-order valence-corrected chi connectivity index (χ4v) is 4.99. The molecule has 0 amide bonds. The predicted molar refractivity (Wildman–Crippen MR) is 147 cm³/mol. The maximum absolute atomic E-state index is 13.0. The zero-order valence-electron chi connectivity index (χ0n) is 23.3. The lowest BCUT2D eigenvalue weighted by Crippen LogP contribution is -2.45. The van der Waals surface area contributed by atoms with E-state index < -0.39 is 28.6 Å². The number of carbonyl (C=O) groups is 2. The molecule has 1 rings (SSSR count). The smallest absolute Gasteiger partial charge is 0.384 e. The van der Waals surface area contributed by atoms with E-state index in [1.807, 2.05) is 0 Å². The zero-order valence-corrected chi connectivity index (χ0v) is 26.1. The molecule has 0 unspecified atom stereocenters. The average Bonchev–Trinajstić information content (AvgIpc) is 2.71. The van der Waals surface area contributed by atoms with Crippen molar-refractivity contribution >= 4 is 40.2 Å². The van der Waals surface area contributed by atoms with Crippen LogP contribution in [0.2, 0.25) is 41.3 Å². The van der Waals surface area contributed by atoms with Crippen LogP contribution in [0.5, 0.6) is 11.5 Å². The Balaban J connectivity index is 3.81. The van der Waals surface area contributed by atoms with E-state index in [-0.39, 0.29) is 22.1 Å². The Morgan fingerprint density at radius 1 is 0.886 bits per heavy atom. The molecule has 0 aliphatic heterocycles. The van der Waals surface area contributed by atoms with E-state index in [1.165, 1.54) is 14.2 Å². The molecule has 0 spiro atoms. The van der Waals surface area contributed by atoms with Gasteiger partial charge in [-0.25, -0.2) is 9.59 Å². The molecule has 6 nitrogen and oxygen atoms in total. The molecule has 0 fully saturated rings. The first-order chi connectivity index (χ1) is 15.8. The fraction of sp³-hybridized carbons (Fsp3) is 0.615. The maximum atomic E-state index is 13.0.